The number of nitrogens with zero attached hydrogens (tertiary/aromatic N) is 2. The predicted octanol–water partition coefficient (Wildman–Crippen LogP) is 3.89. The van der Waals surface area contributed by atoms with Crippen LogP contribution in [0.3, 0.4) is 0 Å². The third-order valence-electron chi connectivity index (χ3n) is 3.19. The zero-order chi connectivity index (χ0) is 11.9. The first-order chi connectivity index (χ1) is 8.95. The predicted molar refractivity (Wildman–Crippen MR) is 85.3 cm³/mol. The Morgan fingerprint density at radius 3 is 2.50 bits per heavy atom. The summed E-state index contributed by atoms with van der Waals surface area (Å²) in [5, 5.41) is 2.47. The number of fused-ring (bicyclic) bond motifs is 6. The van der Waals surface area contributed by atoms with Crippen molar-refractivity contribution in [1.82, 2.24) is 9.97 Å². The van der Waals surface area contributed by atoms with Crippen LogP contribution in [-0.4, -0.2) is 14.0 Å². The minimum Gasteiger partial charge on any atom is -0.252 e. The maximum Gasteiger partial charge on any atom is 0.0976 e. The lowest BCUT2D eigenvalue weighted by Gasteiger charge is -2.12. The molecule has 4 rings (SSSR count). The normalized spacial score (nSPS) is 13.6. The summed E-state index contributed by atoms with van der Waals surface area (Å²) in [4.78, 5) is 9.06. The molecule has 2 aromatic carbocycles. The Bertz CT molecular complexity index is 764. The van der Waals surface area contributed by atoms with Gasteiger partial charge in [-0.3, -0.25) is 9.97 Å². The fourth-order valence-corrected chi connectivity index (χ4v) is 4.18. The molecule has 0 saturated carbocycles. The lowest BCUT2D eigenvalue weighted by Crippen LogP contribution is -1.96. The van der Waals surface area contributed by atoms with Gasteiger partial charge < -0.3 is 0 Å². The Kier molecular flexibility index (Phi) is 2.26. The highest BCUT2D eigenvalue weighted by atomic mass is 127. The van der Waals surface area contributed by atoms with Crippen LogP contribution in [0.15, 0.2) is 40.7 Å². The smallest absolute Gasteiger partial charge is 0.0976 e. The van der Waals surface area contributed by atoms with Crippen molar-refractivity contribution >= 4 is 52.6 Å². The van der Waals surface area contributed by atoms with Gasteiger partial charge in [0, 0.05) is 23.3 Å². The van der Waals surface area contributed by atoms with Gasteiger partial charge >= 0.3 is 0 Å². The Morgan fingerprint density at radius 2 is 1.61 bits per heavy atom. The Hall–Kier alpha value is -1.62. The maximum absolute atomic E-state index is 4.53. The lowest BCUT2D eigenvalue weighted by atomic mass is 9.97. The van der Waals surface area contributed by atoms with Gasteiger partial charge in [0.25, 0.3) is 0 Å². The Balaban J connectivity index is 2.37. The van der Waals surface area contributed by atoms with Crippen molar-refractivity contribution in [3.8, 4) is 0 Å². The van der Waals surface area contributed by atoms with Crippen LogP contribution >= 0.6 is 20.7 Å². The Morgan fingerprint density at radius 1 is 0.833 bits per heavy atom. The highest BCUT2D eigenvalue weighted by Gasteiger charge is 2.13. The third-order valence-corrected chi connectivity index (χ3v) is 4.95. The topological polar surface area (TPSA) is 25.8 Å². The van der Waals surface area contributed by atoms with E-state index in [4.69, 9.17) is 0 Å². The molecule has 86 valence electrons. The zero-order valence-electron chi connectivity index (χ0n) is 9.47. The molecular weight excluding hydrogens is 335 g/mol. The molecule has 0 radical (unpaired) electrons. The number of hydrogen-bond donors (Lipinski definition) is 0. The van der Waals surface area contributed by atoms with E-state index in [1.54, 1.807) is 12.4 Å². The second-order valence-corrected chi connectivity index (χ2v) is 6.22. The van der Waals surface area contributed by atoms with Crippen molar-refractivity contribution < 1.29 is 0 Å². The molecule has 3 aromatic rings. The maximum atomic E-state index is 4.53. The van der Waals surface area contributed by atoms with Gasteiger partial charge in [-0.15, -0.1) is 0 Å². The minimum atomic E-state index is 0.0210. The first-order valence-corrected chi connectivity index (χ1v) is 8.21. The first kappa shape index (κ1) is 10.3. The summed E-state index contributed by atoms with van der Waals surface area (Å²) in [7, 11) is 0. The van der Waals surface area contributed by atoms with Crippen molar-refractivity contribution in [2.75, 3.05) is 0 Å². The molecule has 0 spiro atoms. The highest BCUT2D eigenvalue weighted by molar-refractivity contribution is 14.2. The molecule has 0 fully saturated rings. The van der Waals surface area contributed by atoms with Gasteiger partial charge in [-0.25, -0.2) is 0 Å². The molecule has 0 amide bonds. The average molecular weight is 344 g/mol. The van der Waals surface area contributed by atoms with E-state index in [1.165, 1.54) is 21.9 Å². The molecule has 18 heavy (non-hydrogen) atoms. The van der Waals surface area contributed by atoms with Crippen LogP contribution < -0.4 is 0 Å². The van der Waals surface area contributed by atoms with Gasteiger partial charge in [0.1, 0.15) is 0 Å². The van der Waals surface area contributed by atoms with E-state index >= 15 is 0 Å². The summed E-state index contributed by atoms with van der Waals surface area (Å²) >= 11 is 0.0210. The fraction of sp³-hybridized carbons (Fsp3) is 0. The summed E-state index contributed by atoms with van der Waals surface area (Å²) in [5.41, 5.74) is 4.62. The van der Waals surface area contributed by atoms with Crippen molar-refractivity contribution in [3.05, 3.63) is 51.9 Å². The molecule has 2 heterocycles. The molecule has 2 nitrogen and oxygen atoms in total. The largest absolute Gasteiger partial charge is 0.252 e. The minimum absolute atomic E-state index is 0.0210. The van der Waals surface area contributed by atoms with Crippen LogP contribution in [0, 0.1) is 0 Å². The first-order valence-electron chi connectivity index (χ1n) is 5.72. The average Bonchev–Trinajstić information content (AvgIpc) is 2.48. The van der Waals surface area contributed by atoms with Gasteiger partial charge in [0.15, 0.2) is 0 Å². The third kappa shape index (κ3) is 1.37. The molecule has 3 heteroatoms. The van der Waals surface area contributed by atoms with Crippen molar-refractivity contribution in [2.24, 2.45) is 0 Å². The van der Waals surface area contributed by atoms with Crippen LogP contribution in [0.25, 0.3) is 27.9 Å². The summed E-state index contributed by atoms with van der Waals surface area (Å²) in [5.74, 6) is 0. The van der Waals surface area contributed by atoms with Crippen molar-refractivity contribution in [2.45, 2.75) is 0 Å². The van der Waals surface area contributed by atoms with E-state index < -0.39 is 0 Å². The number of hydrogen-bond acceptors (Lipinski definition) is 2. The van der Waals surface area contributed by atoms with E-state index in [2.05, 4.69) is 48.4 Å². The van der Waals surface area contributed by atoms with Crippen LogP contribution in [0.2, 0.25) is 0 Å². The number of halogens is 1. The number of aromatic nitrogens is 2. The molecule has 1 aliphatic heterocycles. The van der Waals surface area contributed by atoms with Crippen LogP contribution in [0.1, 0.15) is 11.1 Å². The summed E-state index contributed by atoms with van der Waals surface area (Å²) in [6.07, 6.45) is 5.80. The molecule has 0 unspecified atom stereocenters. The van der Waals surface area contributed by atoms with Gasteiger partial charge in [0.05, 0.1) is 11.0 Å². The lowest BCUT2D eigenvalue weighted by molar-refractivity contribution is 1.30. The van der Waals surface area contributed by atoms with Gasteiger partial charge in [-0.2, -0.15) is 0 Å². The van der Waals surface area contributed by atoms with E-state index in [9.17, 15) is 0 Å². The van der Waals surface area contributed by atoms with Crippen LogP contribution in [-0.2, 0) is 0 Å². The molecule has 1 aromatic heterocycles. The van der Waals surface area contributed by atoms with E-state index in [1.807, 2.05) is 0 Å². The van der Waals surface area contributed by atoms with Crippen LogP contribution in [0.5, 0.6) is 0 Å². The fourth-order valence-electron chi connectivity index (χ4n) is 2.42. The number of rotatable bonds is 0. The van der Waals surface area contributed by atoms with Crippen LogP contribution in [0.4, 0.5) is 0 Å². The summed E-state index contributed by atoms with van der Waals surface area (Å²) in [6.45, 7) is 0. The SMILES string of the molecule is C1=Cc2c(c3nccnc3c3ccccc23)C=I1. The Labute approximate surface area is 114 Å². The number of benzene rings is 2. The quantitative estimate of drug-likeness (QED) is 0.457. The van der Waals surface area contributed by atoms with E-state index in [-0.39, 0.29) is 20.7 Å². The molecular formula is C15H9IN2. The summed E-state index contributed by atoms with van der Waals surface area (Å²) in [6, 6.07) is 8.45. The second-order valence-electron chi connectivity index (χ2n) is 4.15. The molecule has 0 aliphatic carbocycles. The molecule has 0 N–H and O–H groups in total. The monoisotopic (exact) mass is 344 g/mol. The standard InChI is InChI=1S/C15H9IN2/c1-2-4-12-10(3-1)11-5-6-16-9-13(11)15-14(12)17-7-8-18-15/h1-9H. The molecule has 1 aliphatic rings. The van der Waals surface area contributed by atoms with Gasteiger partial charge in [0.2, 0.25) is 0 Å². The van der Waals surface area contributed by atoms with Crippen molar-refractivity contribution in [3.63, 3.8) is 0 Å². The molecule has 0 saturated heterocycles. The van der Waals surface area contributed by atoms with E-state index in [0.29, 0.717) is 0 Å². The van der Waals surface area contributed by atoms with E-state index in [0.717, 1.165) is 11.0 Å². The van der Waals surface area contributed by atoms with Crippen molar-refractivity contribution in [1.29, 1.82) is 0 Å². The highest BCUT2D eigenvalue weighted by Crippen LogP contribution is 2.33. The summed E-state index contributed by atoms with van der Waals surface area (Å²) < 4.78 is 4.65. The second kappa shape index (κ2) is 3.95. The molecule has 0 atom stereocenters. The van der Waals surface area contributed by atoms with Gasteiger partial charge in [-0.05, 0) is 25.1 Å². The van der Waals surface area contributed by atoms with Gasteiger partial charge in [-0.1, -0.05) is 45.0 Å². The molecule has 0 bridgehead atoms. The zero-order valence-corrected chi connectivity index (χ0v) is 11.6.